The fourth-order valence-electron chi connectivity index (χ4n) is 2.54. The van der Waals surface area contributed by atoms with Gasteiger partial charge in [-0.15, -0.1) is 11.3 Å². The number of rotatable bonds is 6. The van der Waals surface area contributed by atoms with Gasteiger partial charge in [-0.2, -0.15) is 0 Å². The quantitative estimate of drug-likeness (QED) is 0.459. The zero-order valence-corrected chi connectivity index (χ0v) is 15.8. The maximum absolute atomic E-state index is 12.2. The summed E-state index contributed by atoms with van der Waals surface area (Å²) >= 11 is 2.67. The minimum absolute atomic E-state index is 0.0742. The summed E-state index contributed by atoms with van der Waals surface area (Å²) in [6.45, 7) is 4.58. The molecule has 0 bridgehead atoms. The molecule has 8 nitrogen and oxygen atoms in total. The second-order valence-electron chi connectivity index (χ2n) is 5.08. The van der Waals surface area contributed by atoms with Gasteiger partial charge in [-0.3, -0.25) is 4.79 Å². The van der Waals surface area contributed by atoms with Gasteiger partial charge in [0.15, 0.2) is 5.16 Å². The number of thiophene rings is 1. The van der Waals surface area contributed by atoms with Crippen molar-refractivity contribution in [3.05, 3.63) is 4.88 Å². The molecule has 1 N–H and O–H groups in total. The maximum Gasteiger partial charge on any atom is 0.350 e. The minimum atomic E-state index is -0.386. The van der Waals surface area contributed by atoms with E-state index in [4.69, 9.17) is 9.47 Å². The Balaban J connectivity index is 2.08. The Kier molecular flexibility index (Phi) is 5.28. The Bertz CT molecular complexity index is 823. The number of nitrogens with zero attached hydrogens (tertiary/aromatic N) is 3. The molecule has 1 aliphatic heterocycles. The average molecular weight is 382 g/mol. The zero-order valence-electron chi connectivity index (χ0n) is 14.1. The lowest BCUT2D eigenvalue weighted by Crippen LogP contribution is -2.38. The number of nitrogens with one attached hydrogen (secondary N) is 1. The molecule has 0 saturated carbocycles. The molecular formula is C15H18N4O4S2. The van der Waals surface area contributed by atoms with Crippen LogP contribution in [0.3, 0.4) is 0 Å². The van der Waals surface area contributed by atoms with E-state index >= 15 is 0 Å². The highest BCUT2D eigenvalue weighted by Gasteiger charge is 2.30. The summed E-state index contributed by atoms with van der Waals surface area (Å²) in [6.07, 6.45) is 1.88. The summed E-state index contributed by atoms with van der Waals surface area (Å²) in [7, 11) is 0. The predicted molar refractivity (Wildman–Crippen MR) is 97.6 cm³/mol. The number of thioether (sulfide) groups is 1. The summed E-state index contributed by atoms with van der Waals surface area (Å²) < 4.78 is 10.2. The second-order valence-corrected chi connectivity index (χ2v) is 6.85. The Morgan fingerprint density at radius 2 is 2.04 bits per heavy atom. The maximum atomic E-state index is 12.2. The van der Waals surface area contributed by atoms with Gasteiger partial charge in [-0.25, -0.2) is 14.8 Å². The monoisotopic (exact) mass is 382 g/mol. The molecule has 0 amide bonds. The highest BCUT2D eigenvalue weighted by atomic mass is 32.2. The predicted octanol–water partition coefficient (Wildman–Crippen LogP) is 2.34. The molecule has 0 fully saturated rings. The Morgan fingerprint density at radius 1 is 1.28 bits per heavy atom. The number of carbonyl (C=O) groups excluding carboxylic acids is 2. The SMILES string of the molecule is CCOC(=O)CN1CNc2c(C(=O)OCC)sc3nc(SC)nc1c23. The Labute approximate surface area is 152 Å². The minimum Gasteiger partial charge on any atom is -0.465 e. The van der Waals surface area contributed by atoms with Crippen LogP contribution in [-0.2, 0) is 14.3 Å². The summed E-state index contributed by atoms with van der Waals surface area (Å²) in [5.41, 5.74) is 0.668. The van der Waals surface area contributed by atoms with E-state index in [1.807, 2.05) is 6.26 Å². The van der Waals surface area contributed by atoms with E-state index in [2.05, 4.69) is 15.3 Å². The van der Waals surface area contributed by atoms with Gasteiger partial charge >= 0.3 is 11.9 Å². The average Bonchev–Trinajstić information content (AvgIpc) is 2.97. The lowest BCUT2D eigenvalue weighted by atomic mass is 10.2. The summed E-state index contributed by atoms with van der Waals surface area (Å²) in [5, 5.41) is 4.51. The van der Waals surface area contributed by atoms with Crippen LogP contribution in [0.5, 0.6) is 0 Å². The molecule has 134 valence electrons. The van der Waals surface area contributed by atoms with Crippen molar-refractivity contribution >= 4 is 56.8 Å². The van der Waals surface area contributed by atoms with E-state index in [1.54, 1.807) is 18.7 Å². The molecule has 2 aromatic heterocycles. The second kappa shape index (κ2) is 7.44. The van der Waals surface area contributed by atoms with Gasteiger partial charge in [0.2, 0.25) is 0 Å². The van der Waals surface area contributed by atoms with Gasteiger partial charge in [0, 0.05) is 0 Å². The smallest absolute Gasteiger partial charge is 0.350 e. The molecule has 1 aliphatic rings. The molecule has 0 aromatic carbocycles. The number of carbonyl (C=O) groups is 2. The van der Waals surface area contributed by atoms with Crippen molar-refractivity contribution < 1.29 is 19.1 Å². The van der Waals surface area contributed by atoms with E-state index in [0.29, 0.717) is 46.3 Å². The summed E-state index contributed by atoms with van der Waals surface area (Å²) in [4.78, 5) is 36.1. The highest BCUT2D eigenvalue weighted by molar-refractivity contribution is 7.98. The number of hydrogen-bond acceptors (Lipinski definition) is 10. The molecule has 0 atom stereocenters. The van der Waals surface area contributed by atoms with Gasteiger partial charge in [-0.05, 0) is 20.1 Å². The standard InChI is InChI=1S/C15H18N4O4S2/c1-4-22-8(20)6-19-7-16-10-9-12(19)17-15(24-3)18-13(9)25-11(10)14(21)23-5-2/h16H,4-7H2,1-3H3. The lowest BCUT2D eigenvalue weighted by Gasteiger charge is -2.28. The van der Waals surface area contributed by atoms with E-state index in [9.17, 15) is 9.59 Å². The van der Waals surface area contributed by atoms with Gasteiger partial charge in [0.1, 0.15) is 22.1 Å². The number of esters is 2. The molecule has 10 heteroatoms. The molecule has 0 unspecified atom stereocenters. The van der Waals surface area contributed by atoms with Crippen molar-refractivity contribution in [2.45, 2.75) is 19.0 Å². The fraction of sp³-hybridized carbons (Fsp3) is 0.467. The summed E-state index contributed by atoms with van der Waals surface area (Å²) in [5.74, 6) is -0.0856. The van der Waals surface area contributed by atoms with E-state index < -0.39 is 0 Å². The van der Waals surface area contributed by atoms with Crippen molar-refractivity contribution in [3.63, 3.8) is 0 Å². The molecule has 0 radical (unpaired) electrons. The fourth-order valence-corrected chi connectivity index (χ4v) is 3.99. The normalized spacial score (nSPS) is 12.8. The molecule has 25 heavy (non-hydrogen) atoms. The van der Waals surface area contributed by atoms with Crippen LogP contribution in [-0.4, -0.2) is 54.6 Å². The first-order valence-electron chi connectivity index (χ1n) is 7.79. The molecular weight excluding hydrogens is 364 g/mol. The van der Waals surface area contributed by atoms with Crippen LogP contribution < -0.4 is 10.2 Å². The van der Waals surface area contributed by atoms with Crippen LogP contribution in [0.1, 0.15) is 23.5 Å². The topological polar surface area (TPSA) is 93.7 Å². The first-order valence-corrected chi connectivity index (χ1v) is 9.83. The molecule has 2 aromatic rings. The van der Waals surface area contributed by atoms with Crippen LogP contribution in [0.25, 0.3) is 10.2 Å². The van der Waals surface area contributed by atoms with Gasteiger partial charge < -0.3 is 19.7 Å². The largest absolute Gasteiger partial charge is 0.465 e. The van der Waals surface area contributed by atoms with Crippen LogP contribution in [0.4, 0.5) is 11.5 Å². The van der Waals surface area contributed by atoms with Gasteiger partial charge in [-0.1, -0.05) is 11.8 Å². The van der Waals surface area contributed by atoms with E-state index in [-0.39, 0.29) is 18.5 Å². The molecule has 3 heterocycles. The number of ether oxygens (including phenoxy) is 2. The Hall–Kier alpha value is -2.07. The third-order valence-corrected chi connectivity index (χ3v) is 5.14. The molecule has 0 aliphatic carbocycles. The third-order valence-electron chi connectivity index (χ3n) is 3.53. The van der Waals surface area contributed by atoms with Gasteiger partial charge in [0.25, 0.3) is 0 Å². The third kappa shape index (κ3) is 3.36. The lowest BCUT2D eigenvalue weighted by molar-refractivity contribution is -0.141. The van der Waals surface area contributed by atoms with Crippen molar-refractivity contribution in [2.24, 2.45) is 0 Å². The zero-order chi connectivity index (χ0) is 18.0. The number of aromatic nitrogens is 2. The first kappa shape index (κ1) is 17.7. The first-order chi connectivity index (χ1) is 12.1. The molecule has 3 rings (SSSR count). The van der Waals surface area contributed by atoms with Crippen LogP contribution >= 0.6 is 23.1 Å². The van der Waals surface area contributed by atoms with Crippen LogP contribution in [0, 0.1) is 0 Å². The van der Waals surface area contributed by atoms with Gasteiger partial charge in [0.05, 0.1) is 31.0 Å². The highest BCUT2D eigenvalue weighted by Crippen LogP contribution is 2.43. The van der Waals surface area contributed by atoms with Crippen molar-refractivity contribution in [1.29, 1.82) is 0 Å². The Morgan fingerprint density at radius 3 is 2.72 bits per heavy atom. The van der Waals surface area contributed by atoms with Crippen LogP contribution in [0.2, 0.25) is 0 Å². The van der Waals surface area contributed by atoms with Crippen LogP contribution in [0.15, 0.2) is 5.16 Å². The summed E-state index contributed by atoms with van der Waals surface area (Å²) in [6, 6.07) is 0. The van der Waals surface area contributed by atoms with E-state index in [0.717, 1.165) is 5.39 Å². The van der Waals surface area contributed by atoms with E-state index in [1.165, 1.54) is 23.1 Å². The molecule has 0 spiro atoms. The number of anilines is 2. The number of hydrogen-bond donors (Lipinski definition) is 1. The van der Waals surface area contributed by atoms with Crippen molar-refractivity contribution in [1.82, 2.24) is 9.97 Å². The molecule has 0 saturated heterocycles. The van der Waals surface area contributed by atoms with Crippen molar-refractivity contribution in [2.75, 3.05) is 42.9 Å². The van der Waals surface area contributed by atoms with Crippen molar-refractivity contribution in [3.8, 4) is 0 Å².